The third-order valence-corrected chi connectivity index (χ3v) is 3.36. The predicted molar refractivity (Wildman–Crippen MR) is 75.0 cm³/mol. The van der Waals surface area contributed by atoms with Crippen molar-refractivity contribution in [3.05, 3.63) is 52.8 Å². The highest BCUT2D eigenvalue weighted by atomic mass is 19.4. The van der Waals surface area contributed by atoms with Gasteiger partial charge in [-0.25, -0.2) is 0 Å². The summed E-state index contributed by atoms with van der Waals surface area (Å²) in [4.78, 5) is 0. The minimum Gasteiger partial charge on any atom is -0.308 e. The van der Waals surface area contributed by atoms with Crippen molar-refractivity contribution in [1.82, 2.24) is 15.1 Å². The lowest BCUT2D eigenvalue weighted by atomic mass is 10.0. The van der Waals surface area contributed by atoms with Crippen molar-refractivity contribution in [3.63, 3.8) is 0 Å². The molecule has 114 valence electrons. The first-order chi connectivity index (χ1) is 9.86. The lowest BCUT2D eigenvalue weighted by molar-refractivity contribution is -0.137. The fourth-order valence-electron chi connectivity index (χ4n) is 2.43. The summed E-state index contributed by atoms with van der Waals surface area (Å²) in [7, 11) is 1.73. The van der Waals surface area contributed by atoms with Gasteiger partial charge in [-0.05, 0) is 44.7 Å². The Hall–Kier alpha value is -1.82. The van der Waals surface area contributed by atoms with Crippen LogP contribution in [0.4, 0.5) is 13.2 Å². The van der Waals surface area contributed by atoms with E-state index in [-0.39, 0.29) is 6.04 Å². The second-order valence-electron chi connectivity index (χ2n) is 4.87. The van der Waals surface area contributed by atoms with Crippen LogP contribution in [-0.2, 0) is 12.7 Å². The smallest absolute Gasteiger partial charge is 0.308 e. The van der Waals surface area contributed by atoms with Crippen molar-refractivity contribution >= 4 is 0 Å². The summed E-state index contributed by atoms with van der Waals surface area (Å²) in [5, 5.41) is 7.42. The van der Waals surface area contributed by atoms with Crippen LogP contribution in [0.2, 0.25) is 0 Å². The molecule has 0 aliphatic carbocycles. The molecule has 1 N–H and O–H groups in total. The molecule has 1 unspecified atom stereocenters. The number of alkyl halides is 3. The van der Waals surface area contributed by atoms with Crippen LogP contribution in [0.3, 0.4) is 0 Å². The Morgan fingerprint density at radius 2 is 2.00 bits per heavy atom. The quantitative estimate of drug-likeness (QED) is 0.935. The molecule has 1 aromatic heterocycles. The van der Waals surface area contributed by atoms with E-state index in [2.05, 4.69) is 10.4 Å². The van der Waals surface area contributed by atoms with E-state index in [4.69, 9.17) is 0 Å². The van der Waals surface area contributed by atoms with Gasteiger partial charge in [0, 0.05) is 6.54 Å². The Bertz CT molecular complexity index is 617. The molecule has 1 heterocycles. The maximum absolute atomic E-state index is 12.8. The maximum atomic E-state index is 12.8. The number of aryl methyl sites for hydroxylation is 2. The molecule has 0 bridgehead atoms. The molecule has 6 heteroatoms. The average Bonchev–Trinajstić information content (AvgIpc) is 2.80. The summed E-state index contributed by atoms with van der Waals surface area (Å²) in [6.07, 6.45) is -4.34. The number of halogens is 3. The number of aromatic nitrogens is 2. The first-order valence-corrected chi connectivity index (χ1v) is 6.75. The number of nitrogens with one attached hydrogen (secondary N) is 1. The van der Waals surface area contributed by atoms with Gasteiger partial charge in [-0.1, -0.05) is 12.1 Å². The summed E-state index contributed by atoms with van der Waals surface area (Å²) in [6.45, 7) is 4.49. The van der Waals surface area contributed by atoms with Gasteiger partial charge in [0.05, 0.1) is 23.0 Å². The van der Waals surface area contributed by atoms with Gasteiger partial charge in [0.2, 0.25) is 0 Å². The molecule has 3 nitrogen and oxygen atoms in total. The van der Waals surface area contributed by atoms with Crippen LogP contribution in [-0.4, -0.2) is 16.8 Å². The number of rotatable bonds is 4. The van der Waals surface area contributed by atoms with E-state index in [0.29, 0.717) is 12.1 Å². The van der Waals surface area contributed by atoms with Crippen molar-refractivity contribution in [2.24, 2.45) is 0 Å². The highest BCUT2D eigenvalue weighted by Crippen LogP contribution is 2.32. The van der Waals surface area contributed by atoms with Gasteiger partial charge in [0.15, 0.2) is 0 Å². The maximum Gasteiger partial charge on any atom is 0.416 e. The molecule has 1 aromatic carbocycles. The first-order valence-electron chi connectivity index (χ1n) is 6.75. The summed E-state index contributed by atoms with van der Waals surface area (Å²) < 4.78 is 40.4. The second-order valence-corrected chi connectivity index (χ2v) is 4.87. The zero-order chi connectivity index (χ0) is 15.6. The van der Waals surface area contributed by atoms with Crippen LogP contribution < -0.4 is 5.32 Å². The Morgan fingerprint density at radius 1 is 1.29 bits per heavy atom. The molecule has 2 aromatic rings. The molecule has 2 rings (SSSR count). The molecule has 0 radical (unpaired) electrons. The largest absolute Gasteiger partial charge is 0.416 e. The van der Waals surface area contributed by atoms with Crippen molar-refractivity contribution in [2.45, 2.75) is 32.6 Å². The van der Waals surface area contributed by atoms with E-state index >= 15 is 0 Å². The molecular weight excluding hydrogens is 279 g/mol. The van der Waals surface area contributed by atoms with E-state index in [1.165, 1.54) is 12.1 Å². The van der Waals surface area contributed by atoms with E-state index in [1.807, 2.05) is 19.9 Å². The molecule has 21 heavy (non-hydrogen) atoms. The van der Waals surface area contributed by atoms with Crippen LogP contribution in [0.5, 0.6) is 0 Å². The zero-order valence-electron chi connectivity index (χ0n) is 12.2. The van der Waals surface area contributed by atoms with Crippen molar-refractivity contribution in [2.75, 3.05) is 7.05 Å². The molecule has 0 saturated heterocycles. The molecule has 0 saturated carbocycles. The Kier molecular flexibility index (Phi) is 4.37. The van der Waals surface area contributed by atoms with Gasteiger partial charge in [0.1, 0.15) is 0 Å². The standard InChI is InChI=1S/C15H18F3N3/c1-4-21-13(8-10(2)20-21)14(19-3)11-6-5-7-12(9-11)15(16,17)18/h5-9,14,19H,4H2,1-3H3. The van der Waals surface area contributed by atoms with Crippen LogP contribution >= 0.6 is 0 Å². The zero-order valence-corrected chi connectivity index (χ0v) is 12.2. The first kappa shape index (κ1) is 15.6. The molecule has 0 amide bonds. The third kappa shape index (κ3) is 3.26. The van der Waals surface area contributed by atoms with Crippen LogP contribution in [0, 0.1) is 6.92 Å². The molecule has 1 atom stereocenters. The van der Waals surface area contributed by atoms with Gasteiger partial charge >= 0.3 is 6.18 Å². The molecule has 0 fully saturated rings. The minimum atomic E-state index is -4.34. The lowest BCUT2D eigenvalue weighted by Gasteiger charge is -2.19. The van der Waals surface area contributed by atoms with Crippen molar-refractivity contribution in [1.29, 1.82) is 0 Å². The monoisotopic (exact) mass is 297 g/mol. The summed E-state index contributed by atoms with van der Waals surface area (Å²) in [6, 6.07) is 6.96. The highest BCUT2D eigenvalue weighted by Gasteiger charge is 2.31. The fourth-order valence-corrected chi connectivity index (χ4v) is 2.43. The predicted octanol–water partition coefficient (Wildman–Crippen LogP) is 3.54. The van der Waals surface area contributed by atoms with E-state index in [0.717, 1.165) is 17.5 Å². The number of nitrogens with zero attached hydrogens (tertiary/aromatic N) is 2. The average molecular weight is 297 g/mol. The van der Waals surface area contributed by atoms with Gasteiger partial charge in [0.25, 0.3) is 0 Å². The fraction of sp³-hybridized carbons (Fsp3) is 0.400. The number of benzene rings is 1. The molecular formula is C15H18F3N3. The van der Waals surface area contributed by atoms with E-state index in [9.17, 15) is 13.2 Å². The third-order valence-electron chi connectivity index (χ3n) is 3.36. The summed E-state index contributed by atoms with van der Waals surface area (Å²) in [5.74, 6) is 0. The number of hydrogen-bond acceptors (Lipinski definition) is 2. The summed E-state index contributed by atoms with van der Waals surface area (Å²) >= 11 is 0. The number of hydrogen-bond donors (Lipinski definition) is 1. The van der Waals surface area contributed by atoms with Crippen molar-refractivity contribution < 1.29 is 13.2 Å². The molecule has 0 aliphatic heterocycles. The van der Waals surface area contributed by atoms with Gasteiger partial charge < -0.3 is 5.32 Å². The Morgan fingerprint density at radius 3 is 2.57 bits per heavy atom. The molecule has 0 aliphatic rings. The van der Waals surface area contributed by atoms with Crippen LogP contribution in [0.1, 0.15) is 35.5 Å². The topological polar surface area (TPSA) is 29.9 Å². The van der Waals surface area contributed by atoms with Gasteiger partial charge in [-0.15, -0.1) is 0 Å². The lowest BCUT2D eigenvalue weighted by Crippen LogP contribution is -2.22. The minimum absolute atomic E-state index is 0.326. The van der Waals surface area contributed by atoms with Gasteiger partial charge in [-0.3, -0.25) is 4.68 Å². The Balaban J connectivity index is 2.46. The highest BCUT2D eigenvalue weighted by molar-refractivity contribution is 5.33. The van der Waals surface area contributed by atoms with Crippen LogP contribution in [0.15, 0.2) is 30.3 Å². The van der Waals surface area contributed by atoms with Gasteiger partial charge in [-0.2, -0.15) is 18.3 Å². The Labute approximate surface area is 121 Å². The summed E-state index contributed by atoms with van der Waals surface area (Å²) in [5.41, 5.74) is 1.64. The van der Waals surface area contributed by atoms with E-state index in [1.54, 1.807) is 17.8 Å². The molecule has 0 spiro atoms. The van der Waals surface area contributed by atoms with E-state index < -0.39 is 11.7 Å². The van der Waals surface area contributed by atoms with Crippen LogP contribution in [0.25, 0.3) is 0 Å². The normalized spacial score (nSPS) is 13.4. The van der Waals surface area contributed by atoms with Crippen molar-refractivity contribution in [3.8, 4) is 0 Å². The second kappa shape index (κ2) is 5.89. The SMILES string of the molecule is CCn1nc(C)cc1C(NC)c1cccc(C(F)(F)F)c1.